The number of benzene rings is 1. The Morgan fingerprint density at radius 1 is 1.38 bits per heavy atom. The van der Waals surface area contributed by atoms with Crippen LogP contribution in [0.4, 0.5) is 0 Å². The molecule has 1 aliphatic heterocycles. The van der Waals surface area contributed by atoms with Crippen LogP contribution in [0.15, 0.2) is 28.7 Å². The van der Waals surface area contributed by atoms with Gasteiger partial charge in [0.05, 0.1) is 6.10 Å². The van der Waals surface area contributed by atoms with Gasteiger partial charge in [0.2, 0.25) is 0 Å². The molecule has 1 amide bonds. The van der Waals surface area contributed by atoms with E-state index in [9.17, 15) is 4.79 Å². The number of ether oxygens (including phenoxy) is 1. The number of likely N-dealkylation sites (tertiary alicyclic amines) is 1. The van der Waals surface area contributed by atoms with Crippen LogP contribution in [0.3, 0.4) is 0 Å². The highest BCUT2D eigenvalue weighted by Crippen LogP contribution is 2.25. The van der Waals surface area contributed by atoms with Crippen LogP contribution in [0.5, 0.6) is 5.75 Å². The van der Waals surface area contributed by atoms with E-state index in [2.05, 4.69) is 5.32 Å². The molecule has 24 heavy (non-hydrogen) atoms. The average Bonchev–Trinajstić information content (AvgIpc) is 3.22. The minimum atomic E-state index is -0.362. The van der Waals surface area contributed by atoms with Gasteiger partial charge in [-0.15, -0.1) is 0 Å². The first-order chi connectivity index (χ1) is 11.6. The molecule has 1 aromatic heterocycles. The van der Waals surface area contributed by atoms with E-state index >= 15 is 0 Å². The third-order valence-electron chi connectivity index (χ3n) is 4.08. The van der Waals surface area contributed by atoms with Gasteiger partial charge >= 0.3 is 0 Å². The largest absolute Gasteiger partial charge is 0.492 e. The van der Waals surface area contributed by atoms with Gasteiger partial charge < -0.3 is 24.5 Å². The molecule has 6 heteroatoms. The number of rotatable bonds is 7. The third-order valence-corrected chi connectivity index (χ3v) is 4.08. The molecule has 1 saturated heterocycles. The summed E-state index contributed by atoms with van der Waals surface area (Å²) in [6, 6.07) is 7.34. The number of carbonyl (C=O) groups excluding carboxylic acids is 1. The molecule has 0 saturated carbocycles. The molecule has 6 nitrogen and oxygen atoms in total. The summed E-state index contributed by atoms with van der Waals surface area (Å²) in [5.74, 6) is 1.10. The number of hydrogen-bond acceptors (Lipinski definition) is 5. The molecular weight excluding hydrogens is 308 g/mol. The number of amides is 1. The van der Waals surface area contributed by atoms with Crippen molar-refractivity contribution in [3.63, 3.8) is 0 Å². The maximum absolute atomic E-state index is 12.4. The summed E-state index contributed by atoms with van der Waals surface area (Å²) >= 11 is 0. The van der Waals surface area contributed by atoms with Gasteiger partial charge in [-0.1, -0.05) is 0 Å². The number of fused-ring (bicyclic) bond motifs is 1. The van der Waals surface area contributed by atoms with Crippen LogP contribution >= 0.6 is 0 Å². The van der Waals surface area contributed by atoms with E-state index in [1.54, 1.807) is 13.0 Å². The summed E-state index contributed by atoms with van der Waals surface area (Å²) in [6.45, 7) is 5.07. The van der Waals surface area contributed by atoms with E-state index < -0.39 is 0 Å². The van der Waals surface area contributed by atoms with Crippen molar-refractivity contribution in [3.05, 3.63) is 30.0 Å². The van der Waals surface area contributed by atoms with Gasteiger partial charge in [-0.2, -0.15) is 0 Å². The number of carbonyl (C=O) groups is 1. The summed E-state index contributed by atoms with van der Waals surface area (Å²) in [4.78, 5) is 14.2. The number of aliphatic hydroxyl groups excluding tert-OH is 1. The van der Waals surface area contributed by atoms with Crippen molar-refractivity contribution >= 4 is 16.9 Å². The molecule has 0 spiro atoms. The van der Waals surface area contributed by atoms with Crippen molar-refractivity contribution in [3.8, 4) is 5.75 Å². The van der Waals surface area contributed by atoms with E-state index in [1.807, 2.05) is 23.1 Å². The molecule has 1 aliphatic rings. The molecule has 1 atom stereocenters. The normalized spacial score (nSPS) is 15.8. The zero-order valence-corrected chi connectivity index (χ0v) is 14.0. The molecule has 0 radical (unpaired) electrons. The second kappa shape index (κ2) is 7.68. The molecule has 1 aromatic carbocycles. The number of nitrogens with one attached hydrogen (secondary N) is 1. The van der Waals surface area contributed by atoms with Crippen LogP contribution < -0.4 is 10.1 Å². The van der Waals surface area contributed by atoms with Crippen molar-refractivity contribution in [2.24, 2.45) is 0 Å². The highest BCUT2D eigenvalue weighted by molar-refractivity contribution is 5.96. The van der Waals surface area contributed by atoms with Gasteiger partial charge in [-0.05, 0) is 44.0 Å². The molecule has 2 aromatic rings. The SMILES string of the molecule is C[C@H](O)CNCCOc1ccc2oc(C(=O)N3CCCC3)cc2c1. The van der Waals surface area contributed by atoms with Crippen molar-refractivity contribution in [2.45, 2.75) is 25.9 Å². The lowest BCUT2D eigenvalue weighted by atomic mass is 10.2. The van der Waals surface area contributed by atoms with E-state index in [0.717, 1.165) is 37.1 Å². The quantitative estimate of drug-likeness (QED) is 0.759. The topological polar surface area (TPSA) is 74.9 Å². The van der Waals surface area contributed by atoms with Crippen LogP contribution in [0.1, 0.15) is 30.3 Å². The predicted octanol–water partition coefficient (Wildman–Crippen LogP) is 2.02. The van der Waals surface area contributed by atoms with Crippen LogP contribution in [-0.2, 0) is 0 Å². The highest BCUT2D eigenvalue weighted by atomic mass is 16.5. The lowest BCUT2D eigenvalue weighted by Crippen LogP contribution is -2.28. The first kappa shape index (κ1) is 16.8. The van der Waals surface area contributed by atoms with Crippen LogP contribution in [0, 0.1) is 0 Å². The Labute approximate surface area is 141 Å². The molecule has 0 bridgehead atoms. The second-order valence-electron chi connectivity index (χ2n) is 6.21. The molecule has 0 aliphatic carbocycles. The van der Waals surface area contributed by atoms with E-state index in [-0.39, 0.29) is 12.0 Å². The van der Waals surface area contributed by atoms with Crippen LogP contribution in [-0.4, -0.2) is 54.8 Å². The first-order valence-corrected chi connectivity index (χ1v) is 8.48. The Bertz CT molecular complexity index is 689. The standard InChI is InChI=1S/C18H24N2O4/c1-13(21)12-19-6-9-23-15-4-5-16-14(10-15)11-17(24-16)18(22)20-7-2-3-8-20/h4-5,10-11,13,19,21H,2-3,6-9,12H2,1H3/t13-/m0/s1. The monoisotopic (exact) mass is 332 g/mol. The fourth-order valence-electron chi connectivity index (χ4n) is 2.84. The van der Waals surface area contributed by atoms with Gasteiger partial charge in [-0.3, -0.25) is 4.79 Å². The van der Waals surface area contributed by atoms with E-state index in [4.69, 9.17) is 14.3 Å². The minimum absolute atomic E-state index is 0.0338. The van der Waals surface area contributed by atoms with Gasteiger partial charge in [0.1, 0.15) is 17.9 Å². The van der Waals surface area contributed by atoms with Crippen molar-refractivity contribution in [2.75, 3.05) is 32.8 Å². The van der Waals surface area contributed by atoms with Gasteiger partial charge in [0.15, 0.2) is 5.76 Å². The van der Waals surface area contributed by atoms with E-state index in [1.165, 1.54) is 0 Å². The lowest BCUT2D eigenvalue weighted by molar-refractivity contribution is 0.0763. The number of aliphatic hydroxyl groups is 1. The van der Waals surface area contributed by atoms with Crippen LogP contribution in [0.25, 0.3) is 11.0 Å². The molecule has 2 N–H and O–H groups in total. The Kier molecular flexibility index (Phi) is 5.37. The molecule has 0 unspecified atom stereocenters. The number of hydrogen-bond donors (Lipinski definition) is 2. The number of furan rings is 1. The Morgan fingerprint density at radius 2 is 2.17 bits per heavy atom. The van der Waals surface area contributed by atoms with Crippen molar-refractivity contribution in [1.29, 1.82) is 0 Å². The zero-order chi connectivity index (χ0) is 16.9. The van der Waals surface area contributed by atoms with Crippen LogP contribution in [0.2, 0.25) is 0 Å². The summed E-state index contributed by atoms with van der Waals surface area (Å²) in [6.07, 6.45) is 1.76. The third kappa shape index (κ3) is 4.07. The predicted molar refractivity (Wildman–Crippen MR) is 91.4 cm³/mol. The van der Waals surface area contributed by atoms with Gasteiger partial charge in [-0.25, -0.2) is 0 Å². The fourth-order valence-corrected chi connectivity index (χ4v) is 2.84. The molecule has 1 fully saturated rings. The van der Waals surface area contributed by atoms with Gasteiger partial charge in [0.25, 0.3) is 5.91 Å². The van der Waals surface area contributed by atoms with E-state index in [0.29, 0.717) is 31.0 Å². The zero-order valence-electron chi connectivity index (χ0n) is 14.0. The Morgan fingerprint density at radius 3 is 2.92 bits per heavy atom. The highest BCUT2D eigenvalue weighted by Gasteiger charge is 2.22. The summed E-state index contributed by atoms with van der Waals surface area (Å²) in [7, 11) is 0. The Hall–Kier alpha value is -2.05. The molecule has 130 valence electrons. The van der Waals surface area contributed by atoms with Crippen molar-refractivity contribution < 1.29 is 19.1 Å². The maximum Gasteiger partial charge on any atom is 0.289 e. The summed E-state index contributed by atoms with van der Waals surface area (Å²) < 4.78 is 11.4. The molecule has 2 heterocycles. The van der Waals surface area contributed by atoms with Crippen molar-refractivity contribution in [1.82, 2.24) is 10.2 Å². The second-order valence-corrected chi connectivity index (χ2v) is 6.21. The smallest absolute Gasteiger partial charge is 0.289 e. The molecule has 3 rings (SSSR count). The lowest BCUT2D eigenvalue weighted by Gasteiger charge is -2.12. The Balaban J connectivity index is 1.60. The first-order valence-electron chi connectivity index (χ1n) is 8.48. The summed E-state index contributed by atoms with van der Waals surface area (Å²) in [5, 5.41) is 13.1. The summed E-state index contributed by atoms with van der Waals surface area (Å²) in [5.41, 5.74) is 0.692. The maximum atomic E-state index is 12.4. The molecular formula is C18H24N2O4. The van der Waals surface area contributed by atoms with Gasteiger partial charge in [0, 0.05) is 31.6 Å². The number of nitrogens with zero attached hydrogens (tertiary/aromatic N) is 1. The average molecular weight is 332 g/mol. The minimum Gasteiger partial charge on any atom is -0.492 e. The fraction of sp³-hybridized carbons (Fsp3) is 0.500.